The van der Waals surface area contributed by atoms with Crippen LogP contribution in [-0.4, -0.2) is 14.5 Å². The van der Waals surface area contributed by atoms with Crippen molar-refractivity contribution in [3.63, 3.8) is 0 Å². The molecule has 0 fully saturated rings. The van der Waals surface area contributed by atoms with Crippen molar-refractivity contribution >= 4 is 21.8 Å². The Morgan fingerprint density at radius 3 is 1.35 bits per heavy atom. The van der Waals surface area contributed by atoms with Gasteiger partial charge in [0.1, 0.15) is 0 Å². The molecule has 2 aromatic heterocycles. The highest BCUT2D eigenvalue weighted by atomic mass is 15.2. The van der Waals surface area contributed by atoms with Gasteiger partial charge in [0.05, 0.1) is 22.4 Å². The summed E-state index contributed by atoms with van der Waals surface area (Å²) in [5.41, 5.74) is 15.1. The number of benzene rings is 8. The van der Waals surface area contributed by atoms with E-state index in [1.165, 1.54) is 16.7 Å². The fourth-order valence-corrected chi connectivity index (χ4v) is 7.73. The maximum atomic E-state index is 5.45. The minimum absolute atomic E-state index is 0.624. The van der Waals surface area contributed by atoms with Crippen LogP contribution in [0.3, 0.4) is 0 Å². The quantitative estimate of drug-likeness (QED) is 0.166. The summed E-state index contributed by atoms with van der Waals surface area (Å²) in [6, 6.07) is 75.1. The molecule has 55 heavy (non-hydrogen) atoms. The first-order valence-corrected chi connectivity index (χ1v) is 18.7. The number of nitrogens with zero attached hydrogens (tertiary/aromatic N) is 3. The molecule has 0 radical (unpaired) electrons. The molecular weight excluding hydrogens is 667 g/mol. The molecular formula is C52H35N3. The Labute approximate surface area is 320 Å². The minimum Gasteiger partial charge on any atom is -0.277 e. The van der Waals surface area contributed by atoms with E-state index in [1.54, 1.807) is 0 Å². The largest absolute Gasteiger partial charge is 0.277 e. The molecule has 0 spiro atoms. The van der Waals surface area contributed by atoms with E-state index in [4.69, 9.17) is 9.97 Å². The van der Waals surface area contributed by atoms with Gasteiger partial charge >= 0.3 is 0 Å². The van der Waals surface area contributed by atoms with E-state index in [-0.39, 0.29) is 0 Å². The van der Waals surface area contributed by atoms with Crippen molar-refractivity contribution in [2.24, 2.45) is 0 Å². The Morgan fingerprint density at radius 1 is 0.291 bits per heavy atom. The van der Waals surface area contributed by atoms with Crippen LogP contribution in [0.15, 0.2) is 212 Å². The van der Waals surface area contributed by atoms with Gasteiger partial charge in [-0.1, -0.05) is 176 Å². The second-order valence-electron chi connectivity index (χ2n) is 13.8. The van der Waals surface area contributed by atoms with E-state index >= 15 is 0 Å². The average molecular weight is 702 g/mol. The molecule has 0 atom stereocenters. The second kappa shape index (κ2) is 13.9. The Bertz CT molecular complexity index is 2940. The molecule has 0 amide bonds. The molecule has 10 aromatic rings. The molecule has 0 aliphatic rings. The van der Waals surface area contributed by atoms with Crippen LogP contribution >= 0.6 is 0 Å². The Kier molecular flexibility index (Phi) is 8.16. The summed E-state index contributed by atoms with van der Waals surface area (Å²) < 4.78 is 2.29. The highest BCUT2D eigenvalue weighted by molar-refractivity contribution is 6.16. The Hall–Kier alpha value is -7.36. The van der Waals surface area contributed by atoms with Crippen LogP contribution < -0.4 is 0 Å². The standard InChI is InChI=1S/C52H35N3/c1-6-17-36(18-7-1)41-27-16-28-43(31-41)49-35-48(40-25-14-5-15-26-40)53-52(54-49)55-50-30-29-42(37-19-8-2-9-20-37)32-46(50)47-34-44(38-21-10-3-11-22-38)33-45(51(47)55)39-23-12-4-13-24-39/h1-35H. The first-order valence-electron chi connectivity index (χ1n) is 18.7. The fraction of sp³-hybridized carbons (Fsp3) is 0. The van der Waals surface area contributed by atoms with Crippen LogP contribution in [0.4, 0.5) is 0 Å². The van der Waals surface area contributed by atoms with E-state index in [0.717, 1.165) is 72.1 Å². The normalized spacial score (nSPS) is 11.3. The predicted octanol–water partition coefficient (Wildman–Crippen LogP) is 13.6. The van der Waals surface area contributed by atoms with Crippen molar-refractivity contribution in [2.45, 2.75) is 0 Å². The molecule has 8 aromatic carbocycles. The van der Waals surface area contributed by atoms with Gasteiger partial charge in [-0.2, -0.15) is 0 Å². The molecule has 0 N–H and O–H groups in total. The van der Waals surface area contributed by atoms with Crippen LogP contribution in [0.2, 0.25) is 0 Å². The first kappa shape index (κ1) is 32.3. The number of hydrogen-bond donors (Lipinski definition) is 0. The van der Waals surface area contributed by atoms with Crippen molar-refractivity contribution in [1.82, 2.24) is 14.5 Å². The topological polar surface area (TPSA) is 30.7 Å². The van der Waals surface area contributed by atoms with Crippen molar-refractivity contribution in [2.75, 3.05) is 0 Å². The van der Waals surface area contributed by atoms with Gasteiger partial charge in [0, 0.05) is 27.5 Å². The summed E-state index contributed by atoms with van der Waals surface area (Å²) in [5.74, 6) is 0.624. The SMILES string of the molecule is c1ccc(-c2cccc(-c3cc(-c4ccccc4)nc(-n4c5ccc(-c6ccccc6)cc5c5cc(-c6ccccc6)cc(-c6ccccc6)c54)n3)c2)cc1. The zero-order valence-electron chi connectivity index (χ0n) is 30.0. The molecule has 0 unspecified atom stereocenters. The average Bonchev–Trinajstić information content (AvgIpc) is 3.61. The lowest BCUT2D eigenvalue weighted by molar-refractivity contribution is 0.996. The highest BCUT2D eigenvalue weighted by Gasteiger charge is 2.22. The van der Waals surface area contributed by atoms with Gasteiger partial charge in [0.2, 0.25) is 5.95 Å². The van der Waals surface area contributed by atoms with Crippen LogP contribution in [0.1, 0.15) is 0 Å². The van der Waals surface area contributed by atoms with Gasteiger partial charge in [-0.05, 0) is 75.3 Å². The molecule has 258 valence electrons. The van der Waals surface area contributed by atoms with Gasteiger partial charge in [-0.25, -0.2) is 9.97 Å². The molecule has 10 rings (SSSR count). The summed E-state index contributed by atoms with van der Waals surface area (Å²) in [7, 11) is 0. The maximum Gasteiger partial charge on any atom is 0.235 e. The van der Waals surface area contributed by atoms with Crippen LogP contribution in [0, 0.1) is 0 Å². The third-order valence-electron chi connectivity index (χ3n) is 10.4. The lowest BCUT2D eigenvalue weighted by atomic mass is 9.95. The Balaban J connectivity index is 1.30. The van der Waals surface area contributed by atoms with Crippen molar-refractivity contribution < 1.29 is 0 Å². The summed E-state index contributed by atoms with van der Waals surface area (Å²) in [6.07, 6.45) is 0. The van der Waals surface area contributed by atoms with E-state index in [2.05, 4.69) is 211 Å². The molecule has 3 heteroatoms. The van der Waals surface area contributed by atoms with Crippen LogP contribution in [0.5, 0.6) is 0 Å². The third-order valence-corrected chi connectivity index (χ3v) is 10.4. The predicted molar refractivity (Wildman–Crippen MR) is 229 cm³/mol. The van der Waals surface area contributed by atoms with E-state index in [0.29, 0.717) is 5.95 Å². The zero-order valence-corrected chi connectivity index (χ0v) is 30.0. The van der Waals surface area contributed by atoms with Crippen molar-refractivity contribution in [1.29, 1.82) is 0 Å². The van der Waals surface area contributed by atoms with E-state index in [1.807, 2.05) is 6.07 Å². The number of rotatable bonds is 7. The second-order valence-corrected chi connectivity index (χ2v) is 13.8. The van der Waals surface area contributed by atoms with E-state index in [9.17, 15) is 0 Å². The molecule has 3 nitrogen and oxygen atoms in total. The lowest BCUT2D eigenvalue weighted by Gasteiger charge is -2.15. The zero-order chi connectivity index (χ0) is 36.6. The summed E-state index contributed by atoms with van der Waals surface area (Å²) >= 11 is 0. The monoisotopic (exact) mass is 701 g/mol. The van der Waals surface area contributed by atoms with Crippen molar-refractivity contribution in [3.8, 4) is 73.0 Å². The lowest BCUT2D eigenvalue weighted by Crippen LogP contribution is -2.05. The molecule has 0 aliphatic heterocycles. The van der Waals surface area contributed by atoms with Crippen LogP contribution in [0.25, 0.3) is 94.8 Å². The van der Waals surface area contributed by atoms with Gasteiger partial charge in [-0.15, -0.1) is 0 Å². The molecule has 0 aliphatic carbocycles. The fourth-order valence-electron chi connectivity index (χ4n) is 7.73. The van der Waals surface area contributed by atoms with Gasteiger partial charge in [-0.3, -0.25) is 4.57 Å². The third kappa shape index (κ3) is 6.08. The summed E-state index contributed by atoms with van der Waals surface area (Å²) in [6.45, 7) is 0. The summed E-state index contributed by atoms with van der Waals surface area (Å²) in [4.78, 5) is 10.9. The van der Waals surface area contributed by atoms with E-state index < -0.39 is 0 Å². The van der Waals surface area contributed by atoms with Crippen LogP contribution in [-0.2, 0) is 0 Å². The molecule has 0 saturated carbocycles. The van der Waals surface area contributed by atoms with Crippen molar-refractivity contribution in [3.05, 3.63) is 212 Å². The number of hydrogen-bond acceptors (Lipinski definition) is 2. The van der Waals surface area contributed by atoms with Gasteiger partial charge < -0.3 is 0 Å². The maximum absolute atomic E-state index is 5.45. The number of fused-ring (bicyclic) bond motifs is 3. The summed E-state index contributed by atoms with van der Waals surface area (Å²) in [5, 5.41) is 2.29. The molecule has 2 heterocycles. The first-order chi connectivity index (χ1) is 27.3. The smallest absolute Gasteiger partial charge is 0.235 e. The van der Waals surface area contributed by atoms with Gasteiger partial charge in [0.25, 0.3) is 0 Å². The highest BCUT2D eigenvalue weighted by Crippen LogP contribution is 2.42. The van der Waals surface area contributed by atoms with Gasteiger partial charge in [0.15, 0.2) is 0 Å². The number of aromatic nitrogens is 3. The molecule has 0 saturated heterocycles. The molecule has 0 bridgehead atoms. The minimum atomic E-state index is 0.624. The Morgan fingerprint density at radius 2 is 0.745 bits per heavy atom.